The van der Waals surface area contributed by atoms with E-state index in [1.165, 1.54) is 24.3 Å². The van der Waals surface area contributed by atoms with Crippen molar-refractivity contribution in [2.45, 2.75) is 138 Å². The zero-order valence-electron chi connectivity index (χ0n) is 56.3. The van der Waals surface area contributed by atoms with Crippen LogP contribution in [-0.4, -0.2) is 19.6 Å². The molecule has 0 unspecified atom stereocenters. The molecule has 4 heteroatoms. The topological polar surface area (TPSA) is 50.9 Å². The molecular weight excluding hydrogens is 887 g/mol. The highest BCUT2D eigenvalue weighted by molar-refractivity contribution is 5.98. The van der Waals surface area contributed by atoms with E-state index in [-0.39, 0.29) is 33.1 Å². The first-order valence-electron chi connectivity index (χ1n) is 31.1. The number of aromatic hydroxyl groups is 1. The third-order valence-corrected chi connectivity index (χ3v) is 14.0. The highest BCUT2D eigenvalue weighted by Crippen LogP contribution is 2.46. The summed E-state index contributed by atoms with van der Waals surface area (Å²) in [4.78, 5) is 10.4. The summed E-state index contributed by atoms with van der Waals surface area (Å²) < 4.78 is 104. The summed E-state index contributed by atoms with van der Waals surface area (Å²) in [7, 11) is 0. The van der Waals surface area contributed by atoms with E-state index in [1.54, 1.807) is 18.3 Å². The fraction of sp³-hybridized carbons (Fsp3) is 0.304. The van der Waals surface area contributed by atoms with Crippen LogP contribution in [0.2, 0.25) is 0 Å². The maximum atomic E-state index is 12.7. The Balaban J connectivity index is 1.30. The predicted molar refractivity (Wildman–Crippen MR) is 311 cm³/mol. The minimum atomic E-state index is -3.40. The van der Waals surface area contributed by atoms with E-state index in [0.717, 1.165) is 44.5 Å². The molecule has 9 aromatic rings. The number of imidazole rings is 1. The van der Waals surface area contributed by atoms with Crippen molar-refractivity contribution in [3.63, 3.8) is 0 Å². The van der Waals surface area contributed by atoms with Crippen molar-refractivity contribution in [1.29, 1.82) is 0 Å². The van der Waals surface area contributed by atoms with Gasteiger partial charge >= 0.3 is 0 Å². The van der Waals surface area contributed by atoms with Gasteiger partial charge in [-0.25, -0.2) is 4.98 Å². The zero-order valence-corrected chi connectivity index (χ0v) is 44.3. The number of aromatic nitrogens is 3. The van der Waals surface area contributed by atoms with Crippen molar-refractivity contribution < 1.29 is 21.6 Å². The van der Waals surface area contributed by atoms with Crippen molar-refractivity contribution >= 4 is 11.0 Å². The van der Waals surface area contributed by atoms with Crippen LogP contribution in [0.15, 0.2) is 158 Å². The molecule has 0 aliphatic carbocycles. The summed E-state index contributed by atoms with van der Waals surface area (Å²) in [6.07, 6.45) is 1.64. The van der Waals surface area contributed by atoms with Crippen LogP contribution < -0.4 is 0 Å². The van der Waals surface area contributed by atoms with Crippen LogP contribution in [0, 0.1) is 6.85 Å². The number of para-hydroxylation sites is 1. The Hall–Kier alpha value is -7.04. The average molecular weight is 974 g/mol. The Morgan fingerprint density at radius 2 is 1.03 bits per heavy atom. The maximum Gasteiger partial charge on any atom is 0.149 e. The van der Waals surface area contributed by atoms with Gasteiger partial charge in [-0.05, 0) is 155 Å². The number of aryl methyl sites for hydroxylation is 1. The van der Waals surface area contributed by atoms with E-state index < -0.39 is 38.2 Å². The highest BCUT2D eigenvalue weighted by atomic mass is 16.3. The van der Waals surface area contributed by atoms with E-state index in [4.69, 9.17) is 22.3 Å². The average Bonchev–Trinajstić information content (AvgIpc) is 1.41. The Bertz CT molecular complexity index is 3920. The molecule has 0 radical (unpaired) electrons. The molecule has 0 saturated heterocycles. The van der Waals surface area contributed by atoms with Gasteiger partial charge in [0.1, 0.15) is 11.6 Å². The summed E-state index contributed by atoms with van der Waals surface area (Å²) in [5.41, 5.74) is 8.69. The predicted octanol–water partition coefficient (Wildman–Crippen LogP) is 18.9. The summed E-state index contributed by atoms with van der Waals surface area (Å²) in [5.74, 6) is 0.396. The number of benzene rings is 7. The van der Waals surface area contributed by atoms with E-state index in [1.807, 2.05) is 89.5 Å². The van der Waals surface area contributed by atoms with E-state index in [2.05, 4.69) is 113 Å². The molecule has 73 heavy (non-hydrogen) atoms. The molecule has 2 aromatic heterocycles. The van der Waals surface area contributed by atoms with Crippen LogP contribution in [0.3, 0.4) is 0 Å². The second-order valence-corrected chi connectivity index (χ2v) is 23.8. The number of rotatable bonds is 7. The lowest BCUT2D eigenvalue weighted by atomic mass is 9.78. The Kier molecular flexibility index (Phi) is 9.53. The summed E-state index contributed by atoms with van der Waals surface area (Å²) >= 11 is 0. The van der Waals surface area contributed by atoms with Crippen LogP contribution in [0.4, 0.5) is 0 Å². The molecule has 1 N–H and O–H groups in total. The fourth-order valence-corrected chi connectivity index (χ4v) is 9.55. The number of pyridine rings is 1. The van der Waals surface area contributed by atoms with E-state index in [0.29, 0.717) is 61.6 Å². The standard InChI is InChI=1S/C69H75N3O/c1-43-33-46(49-37-53(66(5,6)7)40-54(38-49)67(8,9)10)27-30-60(43)72-61-24-20-23-56(62(61)71-64(72)57-41-55(68(11,12)13)42-58(63(57)73)69(14,15)16)50-34-48(44-21-18-17-19-22-44)35-51(36-50)59-39-47(31-32-70-59)45-25-28-52(29-26-45)65(2,3)4/h17-42,73H,1-16H3/i1D3,2D3,3D3,4D3. The Labute approximate surface area is 453 Å². The van der Waals surface area contributed by atoms with Gasteiger partial charge < -0.3 is 5.11 Å². The van der Waals surface area contributed by atoms with Gasteiger partial charge in [0.25, 0.3) is 0 Å². The maximum absolute atomic E-state index is 12.7. The quantitative estimate of drug-likeness (QED) is 0.173. The number of hydrogen-bond acceptors (Lipinski definition) is 3. The molecule has 0 fully saturated rings. The van der Waals surface area contributed by atoms with Crippen molar-refractivity contribution in [1.82, 2.24) is 14.5 Å². The van der Waals surface area contributed by atoms with Crippen LogP contribution in [-0.2, 0) is 27.1 Å². The molecule has 4 nitrogen and oxygen atoms in total. The van der Waals surface area contributed by atoms with E-state index >= 15 is 0 Å². The zero-order chi connectivity index (χ0) is 62.6. The Morgan fingerprint density at radius 1 is 0.438 bits per heavy atom. The first kappa shape index (κ1) is 37.7. The first-order valence-corrected chi connectivity index (χ1v) is 25.1. The normalized spacial score (nSPS) is 15.8. The van der Waals surface area contributed by atoms with Crippen molar-refractivity contribution in [3.8, 4) is 78.6 Å². The summed E-state index contributed by atoms with van der Waals surface area (Å²) in [5, 5.41) is 12.7. The van der Waals surface area contributed by atoms with Crippen LogP contribution in [0.5, 0.6) is 5.75 Å². The molecule has 0 saturated carbocycles. The summed E-state index contributed by atoms with van der Waals surface area (Å²) in [6, 6.07) is 47.3. The molecule has 372 valence electrons. The van der Waals surface area contributed by atoms with Crippen LogP contribution >= 0.6 is 0 Å². The van der Waals surface area contributed by atoms with Crippen LogP contribution in [0.25, 0.3) is 83.9 Å². The number of phenolic OH excluding ortho intramolecular Hbond substituents is 1. The number of nitrogens with zero attached hydrogens (tertiary/aromatic N) is 3. The molecule has 0 atom stereocenters. The van der Waals surface area contributed by atoms with Gasteiger partial charge in [-0.15, -0.1) is 0 Å². The monoisotopic (exact) mass is 974 g/mol. The van der Waals surface area contributed by atoms with Crippen molar-refractivity contribution in [2.75, 3.05) is 0 Å². The lowest BCUT2D eigenvalue weighted by molar-refractivity contribution is 0.446. The van der Waals surface area contributed by atoms with E-state index in [9.17, 15) is 9.22 Å². The van der Waals surface area contributed by atoms with Crippen LogP contribution in [0.1, 0.15) is 153 Å². The molecule has 7 aromatic carbocycles. The summed E-state index contributed by atoms with van der Waals surface area (Å²) in [6.45, 7) is 12.8. The molecule has 0 aliphatic heterocycles. The molecule has 2 heterocycles. The largest absolute Gasteiger partial charge is 0.507 e. The smallest absolute Gasteiger partial charge is 0.149 e. The molecular formula is C69H75N3O. The second kappa shape index (κ2) is 18.5. The molecule has 0 spiro atoms. The number of fused-ring (bicyclic) bond motifs is 1. The van der Waals surface area contributed by atoms with Crippen molar-refractivity contribution in [3.05, 3.63) is 191 Å². The van der Waals surface area contributed by atoms with Gasteiger partial charge in [0.2, 0.25) is 0 Å². The minimum Gasteiger partial charge on any atom is -0.507 e. The van der Waals surface area contributed by atoms with Gasteiger partial charge in [-0.2, -0.15) is 0 Å². The van der Waals surface area contributed by atoms with Gasteiger partial charge in [-0.1, -0.05) is 201 Å². The molecule has 9 rings (SSSR count). The lowest BCUT2D eigenvalue weighted by Gasteiger charge is -2.27. The van der Waals surface area contributed by atoms with Gasteiger partial charge in [0.05, 0.1) is 28.0 Å². The number of hydrogen-bond donors (Lipinski definition) is 1. The third kappa shape index (κ3) is 10.3. The highest BCUT2D eigenvalue weighted by Gasteiger charge is 2.30. The molecule has 0 aliphatic rings. The van der Waals surface area contributed by atoms with Gasteiger partial charge in [0, 0.05) is 39.3 Å². The van der Waals surface area contributed by atoms with Gasteiger partial charge in [0.15, 0.2) is 0 Å². The lowest BCUT2D eigenvalue weighted by Crippen LogP contribution is -2.17. The first-order chi connectivity index (χ1) is 39.1. The third-order valence-electron chi connectivity index (χ3n) is 14.0. The fourth-order valence-electron chi connectivity index (χ4n) is 9.55. The molecule has 0 bridgehead atoms. The molecule has 0 amide bonds. The number of phenols is 1. The minimum absolute atomic E-state index is 0.0412. The second-order valence-electron chi connectivity index (χ2n) is 23.8. The van der Waals surface area contributed by atoms with Gasteiger partial charge in [-0.3, -0.25) is 9.55 Å². The SMILES string of the molecule is [2H]C([2H])([2H])c1cc(-c2cc(C(C)(C)C)cc(C(C)(C)C)c2)ccc1-n1c(-c2cc(C(C)(C)C)cc(C(C)(C)C)c2O)nc2c(-c3cc(-c4ccccc4)cc(-c4cc(-c5ccc(C(C([2H])([2H])[2H])(C([2H])([2H])[2H])C([2H])([2H])[2H])cc5)ccn4)c3)cccc21. The Morgan fingerprint density at radius 3 is 1.66 bits per heavy atom. The van der Waals surface area contributed by atoms with Crippen molar-refractivity contribution in [2.24, 2.45) is 0 Å².